The Hall–Kier alpha value is -3.18. The van der Waals surface area contributed by atoms with Crippen LogP contribution in [0.2, 0.25) is 0 Å². The third-order valence-electron chi connectivity index (χ3n) is 6.72. The molecule has 0 radical (unpaired) electrons. The fourth-order valence-electron chi connectivity index (χ4n) is 4.89. The van der Waals surface area contributed by atoms with Crippen LogP contribution in [0.1, 0.15) is 13.3 Å². The summed E-state index contributed by atoms with van der Waals surface area (Å²) in [6, 6.07) is 21.6. The summed E-state index contributed by atoms with van der Waals surface area (Å²) in [6.07, 6.45) is 0.594. The van der Waals surface area contributed by atoms with Crippen molar-refractivity contribution in [3.05, 3.63) is 72.8 Å². The maximum absolute atomic E-state index is 13.8. The van der Waals surface area contributed by atoms with E-state index in [1.54, 1.807) is 30.3 Å². The summed E-state index contributed by atoms with van der Waals surface area (Å²) in [4.78, 5) is 4.27. The molecule has 0 unspecified atom stereocenters. The molecule has 1 N–H and O–H groups in total. The summed E-state index contributed by atoms with van der Waals surface area (Å²) in [7, 11) is -0.125. The molecule has 0 spiro atoms. The van der Waals surface area contributed by atoms with Crippen LogP contribution >= 0.6 is 0 Å². The average molecular weight is 569 g/mol. The Kier molecular flexibility index (Phi) is 8.51. The average Bonchev–Trinajstić information content (AvgIpc) is 2.90. The zero-order chi connectivity index (χ0) is 28.4. The van der Waals surface area contributed by atoms with E-state index in [1.165, 1.54) is 4.31 Å². The van der Waals surface area contributed by atoms with Crippen molar-refractivity contribution >= 4 is 53.0 Å². The lowest BCUT2D eigenvalue weighted by Gasteiger charge is -2.24. The van der Waals surface area contributed by atoms with Gasteiger partial charge in [0.2, 0.25) is 20.0 Å². The fraction of sp³-hybridized carbons (Fsp3) is 0.310. The first kappa shape index (κ1) is 28.8. The molecule has 39 heavy (non-hydrogen) atoms. The minimum atomic E-state index is -3.90. The molecule has 0 fully saturated rings. The molecule has 8 nitrogen and oxygen atoms in total. The van der Waals surface area contributed by atoms with Gasteiger partial charge in [0.05, 0.1) is 9.79 Å². The van der Waals surface area contributed by atoms with Gasteiger partial charge in [0.15, 0.2) is 0 Å². The number of anilines is 2. The first-order valence-corrected chi connectivity index (χ1v) is 15.8. The second kappa shape index (κ2) is 11.5. The molecule has 0 saturated carbocycles. The summed E-state index contributed by atoms with van der Waals surface area (Å²) < 4.78 is 58.4. The lowest BCUT2D eigenvalue weighted by atomic mass is 10.1. The van der Waals surface area contributed by atoms with Gasteiger partial charge in [-0.15, -0.1) is 0 Å². The molecule has 0 aliphatic carbocycles. The summed E-state index contributed by atoms with van der Waals surface area (Å²) >= 11 is 0. The molecule has 0 saturated heterocycles. The first-order chi connectivity index (χ1) is 18.5. The van der Waals surface area contributed by atoms with Crippen molar-refractivity contribution in [3.63, 3.8) is 0 Å². The number of nitrogens with one attached hydrogen (secondary N) is 1. The highest BCUT2D eigenvalue weighted by molar-refractivity contribution is 7.90. The van der Waals surface area contributed by atoms with Crippen molar-refractivity contribution in [3.8, 4) is 0 Å². The van der Waals surface area contributed by atoms with Gasteiger partial charge in [0.25, 0.3) is 0 Å². The lowest BCUT2D eigenvalue weighted by molar-refractivity contribution is 0.413. The number of nitrogens with zero attached hydrogens (tertiary/aromatic N) is 3. The van der Waals surface area contributed by atoms with E-state index in [2.05, 4.69) is 4.72 Å². The van der Waals surface area contributed by atoms with Crippen LogP contribution in [-0.4, -0.2) is 69.0 Å². The van der Waals surface area contributed by atoms with Crippen molar-refractivity contribution in [1.29, 1.82) is 0 Å². The number of benzene rings is 4. The molecule has 0 heterocycles. The van der Waals surface area contributed by atoms with Gasteiger partial charge >= 0.3 is 0 Å². The van der Waals surface area contributed by atoms with Gasteiger partial charge in [0.1, 0.15) is 0 Å². The molecule has 0 atom stereocenters. The predicted octanol–water partition coefficient (Wildman–Crippen LogP) is 4.50. The second-order valence-corrected chi connectivity index (χ2v) is 13.5. The normalized spacial score (nSPS) is 12.4. The second-order valence-electron chi connectivity index (χ2n) is 9.85. The summed E-state index contributed by atoms with van der Waals surface area (Å²) in [5.74, 6) is 0. The number of sulfonamides is 2. The third-order valence-corrected chi connectivity index (χ3v) is 10.2. The zero-order valence-electron chi connectivity index (χ0n) is 23.0. The summed E-state index contributed by atoms with van der Waals surface area (Å²) in [5.41, 5.74) is 1.84. The van der Waals surface area contributed by atoms with Gasteiger partial charge in [-0.2, -0.15) is 4.31 Å². The SMILES string of the molecule is CCCN(CCNS(=O)(=O)c1cccc2c(N(C)C)cccc12)S(=O)(=O)c1cccc2c(N(C)C)cccc12. The Labute approximate surface area is 231 Å². The van der Waals surface area contributed by atoms with E-state index in [0.717, 1.165) is 22.1 Å². The quantitative estimate of drug-likeness (QED) is 0.287. The summed E-state index contributed by atoms with van der Waals surface area (Å²) in [5, 5.41) is 2.92. The van der Waals surface area contributed by atoms with E-state index in [1.807, 2.05) is 87.4 Å². The molecule has 0 aromatic heterocycles. The van der Waals surface area contributed by atoms with E-state index in [4.69, 9.17) is 0 Å². The van der Waals surface area contributed by atoms with Crippen molar-refractivity contribution in [2.45, 2.75) is 23.1 Å². The Morgan fingerprint density at radius 3 is 1.59 bits per heavy atom. The topological polar surface area (TPSA) is 90.0 Å². The number of fused-ring (bicyclic) bond motifs is 2. The molecule has 4 aromatic carbocycles. The predicted molar refractivity (Wildman–Crippen MR) is 161 cm³/mol. The van der Waals surface area contributed by atoms with Gasteiger partial charge in [-0.25, -0.2) is 21.6 Å². The Balaban J connectivity index is 1.62. The molecular weight excluding hydrogens is 532 g/mol. The van der Waals surface area contributed by atoms with Crippen LogP contribution in [-0.2, 0) is 20.0 Å². The molecule has 208 valence electrons. The van der Waals surface area contributed by atoms with Gasteiger partial charge in [-0.05, 0) is 30.7 Å². The summed E-state index contributed by atoms with van der Waals surface area (Å²) in [6.45, 7) is 2.12. The minimum absolute atomic E-state index is 0.00682. The van der Waals surface area contributed by atoms with E-state index in [0.29, 0.717) is 17.2 Å². The molecule has 4 aromatic rings. The molecule has 0 aliphatic heterocycles. The minimum Gasteiger partial charge on any atom is -0.377 e. The Bertz CT molecular complexity index is 1700. The number of hydrogen-bond donors (Lipinski definition) is 1. The number of hydrogen-bond acceptors (Lipinski definition) is 6. The van der Waals surface area contributed by atoms with Gasteiger partial charge in [-0.3, -0.25) is 0 Å². The van der Waals surface area contributed by atoms with Crippen LogP contribution in [0.3, 0.4) is 0 Å². The van der Waals surface area contributed by atoms with Crippen LogP contribution in [0.25, 0.3) is 21.5 Å². The van der Waals surface area contributed by atoms with Crippen LogP contribution in [0, 0.1) is 0 Å². The van der Waals surface area contributed by atoms with Crippen molar-refractivity contribution in [1.82, 2.24) is 9.03 Å². The van der Waals surface area contributed by atoms with Gasteiger partial charge in [0, 0.05) is 80.7 Å². The third kappa shape index (κ3) is 5.74. The van der Waals surface area contributed by atoms with Crippen LogP contribution in [0.4, 0.5) is 11.4 Å². The fourth-order valence-corrected chi connectivity index (χ4v) is 7.87. The largest absolute Gasteiger partial charge is 0.377 e. The first-order valence-electron chi connectivity index (χ1n) is 12.9. The van der Waals surface area contributed by atoms with Gasteiger partial charge < -0.3 is 9.80 Å². The molecule has 10 heteroatoms. The van der Waals surface area contributed by atoms with Crippen LogP contribution < -0.4 is 14.5 Å². The van der Waals surface area contributed by atoms with E-state index in [9.17, 15) is 16.8 Å². The van der Waals surface area contributed by atoms with Crippen LogP contribution in [0.5, 0.6) is 0 Å². The maximum atomic E-state index is 13.8. The highest BCUT2D eigenvalue weighted by Gasteiger charge is 2.27. The number of rotatable bonds is 11. The van der Waals surface area contributed by atoms with Crippen molar-refractivity contribution < 1.29 is 16.8 Å². The monoisotopic (exact) mass is 568 g/mol. The highest BCUT2D eigenvalue weighted by atomic mass is 32.2. The standard InChI is InChI=1S/C29H36N4O4S2/c1-6-20-33(39(36,37)29-18-10-12-23-25(29)14-8-16-27(23)32(4)5)21-19-30-38(34,35)28-17-9-11-22-24(28)13-7-15-26(22)31(2)3/h7-18,30H,6,19-21H2,1-5H3. The molecule has 4 rings (SSSR count). The molecule has 0 amide bonds. The zero-order valence-corrected chi connectivity index (χ0v) is 24.7. The van der Waals surface area contributed by atoms with E-state index < -0.39 is 20.0 Å². The lowest BCUT2D eigenvalue weighted by Crippen LogP contribution is -2.39. The maximum Gasteiger partial charge on any atom is 0.243 e. The molecule has 0 bridgehead atoms. The van der Waals surface area contributed by atoms with Crippen molar-refractivity contribution in [2.24, 2.45) is 0 Å². The van der Waals surface area contributed by atoms with Crippen molar-refractivity contribution in [2.75, 3.05) is 57.6 Å². The van der Waals surface area contributed by atoms with Crippen LogP contribution in [0.15, 0.2) is 82.6 Å². The molecule has 0 aliphatic rings. The molecular formula is C29H36N4O4S2. The highest BCUT2D eigenvalue weighted by Crippen LogP contribution is 2.32. The van der Waals surface area contributed by atoms with E-state index >= 15 is 0 Å². The smallest absolute Gasteiger partial charge is 0.243 e. The van der Waals surface area contributed by atoms with Gasteiger partial charge in [-0.1, -0.05) is 55.5 Å². The Morgan fingerprint density at radius 2 is 1.08 bits per heavy atom. The Morgan fingerprint density at radius 1 is 0.615 bits per heavy atom. The van der Waals surface area contributed by atoms with E-state index in [-0.39, 0.29) is 29.4 Å².